The molecule has 0 aromatic heterocycles. The molecule has 0 bridgehead atoms. The van der Waals surface area contributed by atoms with E-state index < -0.39 is 8.07 Å². The Morgan fingerprint density at radius 1 is 0.412 bits per heavy atom. The maximum absolute atomic E-state index is 2.86. The molecule has 0 N–H and O–H groups in total. The van der Waals surface area contributed by atoms with Crippen LogP contribution in [-0.4, -0.2) is 8.07 Å². The van der Waals surface area contributed by atoms with Crippen LogP contribution in [0.2, 0.25) is 3.34 Å². The molecule has 3 aromatic carbocycles. The minimum Gasteiger partial charge on any atom is -1.00 e. The number of rotatable bonds is 34. The van der Waals surface area contributed by atoms with E-state index in [9.17, 15) is 0 Å². The summed E-state index contributed by atoms with van der Waals surface area (Å²) in [5, 5.41) is 5.24. The smallest absolute Gasteiger partial charge is 1.00 e. The minimum atomic E-state index is -2.84. The average molecular weight is 1040 g/mol. The van der Waals surface area contributed by atoms with Crippen molar-refractivity contribution in [1.82, 2.24) is 0 Å². The first kappa shape index (κ1) is 63.1. The van der Waals surface area contributed by atoms with Gasteiger partial charge in [0.2, 0.25) is 0 Å². The van der Waals surface area contributed by atoms with Gasteiger partial charge in [-0.05, 0) is 0 Å². The van der Waals surface area contributed by atoms with Gasteiger partial charge in [-0.25, -0.2) is 0 Å². The average Bonchev–Trinajstić information content (AvgIpc) is 3.67. The Labute approximate surface area is 452 Å². The van der Waals surface area contributed by atoms with E-state index in [1.54, 1.807) is 54.5 Å². The Balaban J connectivity index is 0.00000529. The number of benzene rings is 3. The molecule has 1 saturated carbocycles. The monoisotopic (exact) mass is 1030 g/mol. The van der Waals surface area contributed by atoms with Crippen LogP contribution in [0.1, 0.15) is 248 Å². The van der Waals surface area contributed by atoms with Gasteiger partial charge in [-0.3, -0.25) is 0 Å². The second-order valence-corrected chi connectivity index (χ2v) is 27.4. The molecule has 5 rings (SSSR count). The van der Waals surface area contributed by atoms with Crippen LogP contribution in [0, 0.1) is 5.92 Å². The van der Waals surface area contributed by atoms with Gasteiger partial charge in [0.15, 0.2) is 0 Å². The Bertz CT molecular complexity index is 1620. The van der Waals surface area contributed by atoms with Crippen molar-refractivity contribution in [3.05, 3.63) is 112 Å². The summed E-state index contributed by atoms with van der Waals surface area (Å²) >= 11 is 2.84. The molecule has 1 fully saturated rings. The number of hydrogen-bond donors (Lipinski definition) is 0. The van der Waals surface area contributed by atoms with E-state index in [0.29, 0.717) is 5.92 Å². The standard InChI is InChI=1S/C63H97Si.3ClH.Ti/c1-7-13-19-25-33-52-43-53(34-26-20-14-8-2)47-59(46-52)64(63-42-41-58-39-31-32-40-62(58)63,60-48-54(35-27-21-15-9-3)44-55(49-60)36-28-22-16-10-4)61-50-56(37-29-23-17-11-5)45-57(51-61)38-30-24-18-12-6;;;;/h31-32,40,43-51,58H,7-30,33-39,41-42H2,1-6H3;3*1H;/q;;;;+3/p-3. The molecule has 68 heavy (non-hydrogen) atoms. The van der Waals surface area contributed by atoms with Crippen molar-refractivity contribution < 1.29 is 57.7 Å². The minimum absolute atomic E-state index is 0. The first-order chi connectivity index (χ1) is 31.9. The van der Waals surface area contributed by atoms with Crippen LogP contribution in [0.25, 0.3) is 0 Å². The van der Waals surface area contributed by atoms with E-state index >= 15 is 0 Å². The molecule has 2 unspecified atom stereocenters. The molecular formula is C63H97Cl3SiTi. The zero-order chi connectivity index (χ0) is 46.2. The van der Waals surface area contributed by atoms with Gasteiger partial charge in [0.1, 0.15) is 0 Å². The van der Waals surface area contributed by atoms with Crippen molar-refractivity contribution in [2.45, 2.75) is 257 Å². The number of allylic oxidation sites excluding steroid dienone is 4. The molecule has 2 aliphatic carbocycles. The summed E-state index contributed by atoms with van der Waals surface area (Å²) < 4.78 is 0.0728. The zero-order valence-corrected chi connectivity index (χ0v) is 49.3. The first-order valence-electron chi connectivity index (χ1n) is 28.4. The quantitative estimate of drug-likeness (QED) is 0.0321. The predicted molar refractivity (Wildman–Crippen MR) is 288 cm³/mol. The van der Waals surface area contributed by atoms with Crippen LogP contribution < -0.4 is 52.8 Å². The number of unbranched alkanes of at least 4 members (excludes halogenated alkanes) is 18. The first-order valence-corrected chi connectivity index (χ1v) is 31.2. The summed E-state index contributed by atoms with van der Waals surface area (Å²) in [7, 11) is -2.84. The maximum Gasteiger partial charge on any atom is -1.00 e. The molecule has 3 aromatic rings. The molecule has 2 atom stereocenters. The molecular weight excluding hydrogens is 939 g/mol. The molecule has 0 nitrogen and oxygen atoms in total. The molecule has 378 valence electrons. The van der Waals surface area contributed by atoms with Crippen LogP contribution in [0.3, 0.4) is 0 Å². The van der Waals surface area contributed by atoms with E-state index in [1.807, 2.05) is 0 Å². The van der Waals surface area contributed by atoms with E-state index in [1.165, 1.54) is 212 Å². The van der Waals surface area contributed by atoms with E-state index in [-0.39, 0.29) is 40.6 Å². The van der Waals surface area contributed by atoms with E-state index in [2.05, 4.69) is 135 Å². The van der Waals surface area contributed by atoms with Crippen molar-refractivity contribution in [1.29, 1.82) is 0 Å². The van der Waals surface area contributed by atoms with Crippen LogP contribution in [0.5, 0.6) is 0 Å². The fraction of sp³-hybridized carbons (Fsp3) is 0.651. The van der Waals surface area contributed by atoms with Gasteiger partial charge in [-0.15, -0.1) is 0 Å². The molecule has 0 radical (unpaired) electrons. The van der Waals surface area contributed by atoms with Crippen LogP contribution >= 0.6 is 0 Å². The molecule has 0 saturated heterocycles. The van der Waals surface area contributed by atoms with Gasteiger partial charge >= 0.3 is 419 Å². The maximum atomic E-state index is 2.86. The van der Waals surface area contributed by atoms with Gasteiger partial charge in [-0.2, -0.15) is 0 Å². The SMILES string of the molecule is CCCCCCc1cc(CCCCCC)cc([Si](c2cc(CCCCCC)cc(CCCCCC)c2)(c2cc(CCCCCC)cc(CCCCCC)c2)[C]2([Ti+3])CCC3CC=CC=C32)c1.[Cl-].[Cl-].[Cl-]. The Kier molecular flexibility index (Phi) is 32.6. The topological polar surface area (TPSA) is 0 Å². The van der Waals surface area contributed by atoms with E-state index in [0.717, 1.165) is 0 Å². The summed E-state index contributed by atoms with van der Waals surface area (Å²) in [4.78, 5) is 0. The number of aryl methyl sites for hydroxylation is 6. The fourth-order valence-corrected chi connectivity index (χ4v) is 20.8. The number of halogens is 3. The summed E-state index contributed by atoms with van der Waals surface area (Å²) in [6.07, 6.45) is 50.5. The van der Waals surface area contributed by atoms with E-state index in [4.69, 9.17) is 0 Å². The van der Waals surface area contributed by atoms with Gasteiger partial charge in [0, 0.05) is 0 Å². The predicted octanol–water partition coefficient (Wildman–Crippen LogP) is 8.45. The van der Waals surface area contributed by atoms with Crippen molar-refractivity contribution in [3.8, 4) is 0 Å². The van der Waals surface area contributed by atoms with Crippen LogP contribution in [-0.2, 0) is 59.0 Å². The van der Waals surface area contributed by atoms with Gasteiger partial charge in [0.25, 0.3) is 0 Å². The fourth-order valence-electron chi connectivity index (χ4n) is 12.0. The molecule has 5 heteroatoms. The van der Waals surface area contributed by atoms with Crippen LogP contribution in [0.4, 0.5) is 0 Å². The summed E-state index contributed by atoms with van der Waals surface area (Å²) in [6.45, 7) is 14.2. The van der Waals surface area contributed by atoms with Crippen molar-refractivity contribution in [2.75, 3.05) is 0 Å². The Morgan fingerprint density at radius 3 is 0.956 bits per heavy atom. The van der Waals surface area contributed by atoms with Crippen molar-refractivity contribution in [2.24, 2.45) is 5.92 Å². The summed E-state index contributed by atoms with van der Waals surface area (Å²) in [6, 6.07) is 25.2. The molecule has 0 amide bonds. The second-order valence-electron chi connectivity index (χ2n) is 21.2. The van der Waals surface area contributed by atoms with Gasteiger partial charge in [0.05, 0.1) is 0 Å². The normalized spacial score (nSPS) is 16.5. The third-order valence-electron chi connectivity index (χ3n) is 15.6. The van der Waals surface area contributed by atoms with Crippen molar-refractivity contribution >= 4 is 23.6 Å². The van der Waals surface area contributed by atoms with Gasteiger partial charge < -0.3 is 37.2 Å². The second kappa shape index (κ2) is 35.2. The number of fused-ring (bicyclic) bond motifs is 1. The molecule has 0 aliphatic heterocycles. The third kappa shape index (κ3) is 18.2. The Morgan fingerprint density at radius 2 is 0.691 bits per heavy atom. The number of hydrogen-bond acceptors (Lipinski definition) is 0. The van der Waals surface area contributed by atoms with Gasteiger partial charge in [-0.1, -0.05) is 0 Å². The molecule has 0 heterocycles. The zero-order valence-electron chi connectivity index (χ0n) is 44.5. The summed E-state index contributed by atoms with van der Waals surface area (Å²) in [5.41, 5.74) is 11.6. The molecule has 2 aliphatic rings. The van der Waals surface area contributed by atoms with Crippen LogP contribution in [0.15, 0.2) is 78.4 Å². The third-order valence-corrected chi connectivity index (χ3v) is 23.5. The van der Waals surface area contributed by atoms with Crippen molar-refractivity contribution in [3.63, 3.8) is 0 Å². The summed E-state index contributed by atoms with van der Waals surface area (Å²) in [5.74, 6) is 0.666. The largest absolute Gasteiger partial charge is 1.00 e. The Hall–Kier alpha value is -1.06. The molecule has 0 spiro atoms.